The minimum absolute atomic E-state index is 0.0629. The summed E-state index contributed by atoms with van der Waals surface area (Å²) in [4.78, 5) is 25.8. The van der Waals surface area contributed by atoms with Crippen molar-refractivity contribution in [2.24, 2.45) is 0 Å². The van der Waals surface area contributed by atoms with Crippen LogP contribution < -0.4 is 0 Å². The fourth-order valence-electron chi connectivity index (χ4n) is 3.98. The minimum atomic E-state index is -1.28. The summed E-state index contributed by atoms with van der Waals surface area (Å²) >= 11 is 0. The van der Waals surface area contributed by atoms with Gasteiger partial charge >= 0.3 is 12.1 Å². The molecule has 1 unspecified atom stereocenters. The molecule has 7 nitrogen and oxygen atoms in total. The Morgan fingerprint density at radius 1 is 1.10 bits per heavy atom. The van der Waals surface area contributed by atoms with E-state index in [0.717, 1.165) is 22.3 Å². The maximum atomic E-state index is 12.7. The van der Waals surface area contributed by atoms with Gasteiger partial charge in [-0.25, -0.2) is 4.79 Å². The number of carbonyl (C=O) groups is 2. The van der Waals surface area contributed by atoms with Crippen molar-refractivity contribution in [3.63, 3.8) is 0 Å². The van der Waals surface area contributed by atoms with Gasteiger partial charge in [-0.05, 0) is 22.3 Å². The number of ether oxygens (including phenoxy) is 3. The van der Waals surface area contributed by atoms with Gasteiger partial charge < -0.3 is 19.3 Å². The lowest BCUT2D eigenvalue weighted by molar-refractivity contribution is -0.145. The van der Waals surface area contributed by atoms with Crippen LogP contribution in [-0.2, 0) is 19.0 Å². The molecule has 0 radical (unpaired) electrons. The van der Waals surface area contributed by atoms with Gasteiger partial charge in [-0.2, -0.15) is 0 Å². The monoisotopic (exact) mass is 409 g/mol. The summed E-state index contributed by atoms with van der Waals surface area (Å²) in [5.74, 6) is -0.633. The van der Waals surface area contributed by atoms with Gasteiger partial charge in [-0.3, -0.25) is 9.69 Å². The Kier molecular flexibility index (Phi) is 5.83. The molecule has 30 heavy (non-hydrogen) atoms. The first-order chi connectivity index (χ1) is 14.6. The highest BCUT2D eigenvalue weighted by Crippen LogP contribution is 2.44. The molecule has 1 N–H and O–H groups in total. The largest absolute Gasteiger partial charge is 0.461 e. The van der Waals surface area contributed by atoms with Gasteiger partial charge in [-0.15, -0.1) is 0 Å². The Labute approximate surface area is 174 Å². The zero-order valence-corrected chi connectivity index (χ0v) is 16.4. The van der Waals surface area contributed by atoms with E-state index < -0.39 is 24.4 Å². The first-order valence-corrected chi connectivity index (χ1v) is 9.78. The van der Waals surface area contributed by atoms with Gasteiger partial charge in [0, 0.05) is 5.92 Å². The van der Waals surface area contributed by atoms with Crippen LogP contribution in [0.1, 0.15) is 23.5 Å². The highest BCUT2D eigenvalue weighted by molar-refractivity contribution is 5.79. The molecular formula is C23H23NO6. The average molecular weight is 409 g/mol. The number of fused-ring (bicyclic) bond motifs is 3. The maximum absolute atomic E-state index is 12.7. The van der Waals surface area contributed by atoms with Crippen molar-refractivity contribution in [1.82, 2.24) is 4.90 Å². The van der Waals surface area contributed by atoms with Gasteiger partial charge in [0.1, 0.15) is 19.9 Å². The Morgan fingerprint density at radius 3 is 2.37 bits per heavy atom. The van der Waals surface area contributed by atoms with Crippen LogP contribution in [0.15, 0.2) is 61.2 Å². The third-order valence-corrected chi connectivity index (χ3v) is 5.42. The SMILES string of the molecule is C=CCOC(=O)C[C@H]1C(O)OCN1C(=O)OCC1c2ccccc2-c2ccccc21. The molecule has 4 rings (SSSR count). The van der Waals surface area contributed by atoms with Crippen LogP contribution in [0.5, 0.6) is 0 Å². The molecule has 1 amide bonds. The number of carbonyl (C=O) groups excluding carboxylic acids is 2. The highest BCUT2D eigenvalue weighted by Gasteiger charge is 2.40. The van der Waals surface area contributed by atoms with E-state index in [1.165, 1.54) is 11.0 Å². The first-order valence-electron chi connectivity index (χ1n) is 9.78. The molecule has 2 aromatic rings. The number of esters is 1. The van der Waals surface area contributed by atoms with Crippen molar-refractivity contribution in [2.75, 3.05) is 19.9 Å². The maximum Gasteiger partial charge on any atom is 0.412 e. The third-order valence-electron chi connectivity index (χ3n) is 5.42. The molecule has 1 aliphatic heterocycles. The number of nitrogens with zero attached hydrogens (tertiary/aromatic N) is 1. The molecule has 1 fully saturated rings. The summed E-state index contributed by atoms with van der Waals surface area (Å²) in [5.41, 5.74) is 4.48. The van der Waals surface area contributed by atoms with Crippen LogP contribution in [0.25, 0.3) is 11.1 Å². The van der Waals surface area contributed by atoms with E-state index in [9.17, 15) is 14.7 Å². The van der Waals surface area contributed by atoms with Crippen LogP contribution in [-0.4, -0.2) is 54.3 Å². The first kappa shape index (κ1) is 20.1. The van der Waals surface area contributed by atoms with E-state index in [1.54, 1.807) is 0 Å². The summed E-state index contributed by atoms with van der Waals surface area (Å²) in [5, 5.41) is 10.0. The third kappa shape index (κ3) is 3.81. The van der Waals surface area contributed by atoms with Gasteiger partial charge in [0.05, 0.1) is 12.5 Å². The lowest BCUT2D eigenvalue weighted by Gasteiger charge is -2.23. The highest BCUT2D eigenvalue weighted by atomic mass is 16.6. The van der Waals surface area contributed by atoms with Gasteiger partial charge in [0.2, 0.25) is 0 Å². The van der Waals surface area contributed by atoms with Crippen LogP contribution >= 0.6 is 0 Å². The topological polar surface area (TPSA) is 85.3 Å². The van der Waals surface area contributed by atoms with E-state index in [4.69, 9.17) is 14.2 Å². The predicted molar refractivity (Wildman–Crippen MR) is 108 cm³/mol. The van der Waals surface area contributed by atoms with Crippen molar-refractivity contribution in [3.8, 4) is 11.1 Å². The molecule has 2 aliphatic rings. The van der Waals surface area contributed by atoms with E-state index >= 15 is 0 Å². The molecule has 156 valence electrons. The van der Waals surface area contributed by atoms with Gasteiger partial charge in [-0.1, -0.05) is 61.2 Å². The lowest BCUT2D eigenvalue weighted by Crippen LogP contribution is -2.42. The van der Waals surface area contributed by atoms with Gasteiger partial charge in [0.15, 0.2) is 6.29 Å². The minimum Gasteiger partial charge on any atom is -0.461 e. The Balaban J connectivity index is 1.44. The Hall–Kier alpha value is -3.16. The molecule has 0 bridgehead atoms. The number of rotatable bonds is 6. The fraction of sp³-hybridized carbons (Fsp3) is 0.304. The average Bonchev–Trinajstić information content (AvgIpc) is 3.28. The molecule has 1 heterocycles. The molecule has 1 saturated heterocycles. The van der Waals surface area contributed by atoms with Gasteiger partial charge in [0.25, 0.3) is 0 Å². The normalized spacial score (nSPS) is 19.8. The van der Waals surface area contributed by atoms with Crippen LogP contribution in [0, 0.1) is 0 Å². The molecule has 1 aliphatic carbocycles. The quantitative estimate of drug-likeness (QED) is 0.583. The smallest absolute Gasteiger partial charge is 0.412 e. The van der Waals surface area contributed by atoms with Crippen molar-refractivity contribution < 1.29 is 28.9 Å². The van der Waals surface area contributed by atoms with Crippen molar-refractivity contribution >= 4 is 12.1 Å². The molecule has 2 aromatic carbocycles. The van der Waals surface area contributed by atoms with Crippen LogP contribution in [0.4, 0.5) is 4.79 Å². The molecule has 7 heteroatoms. The summed E-state index contributed by atoms with van der Waals surface area (Å²) < 4.78 is 15.7. The standard InChI is InChI=1S/C23H23NO6/c1-2-11-28-21(25)12-20-22(26)30-14-24(20)23(27)29-13-19-17-9-5-3-7-15(17)16-8-4-6-10-18(16)19/h2-10,19-20,22,26H,1,11-14H2/t20-,22?/m0/s1. The van der Waals surface area contributed by atoms with E-state index in [-0.39, 0.29) is 32.3 Å². The zero-order valence-electron chi connectivity index (χ0n) is 16.4. The number of hydrogen-bond acceptors (Lipinski definition) is 6. The van der Waals surface area contributed by atoms with Crippen LogP contribution in [0.3, 0.4) is 0 Å². The summed E-state index contributed by atoms with van der Waals surface area (Å²) in [6, 6.07) is 15.2. The Bertz CT molecular complexity index is 913. The number of aliphatic hydroxyl groups is 1. The zero-order chi connectivity index (χ0) is 21.1. The summed E-state index contributed by atoms with van der Waals surface area (Å²) in [7, 11) is 0. The van der Waals surface area contributed by atoms with Crippen LogP contribution in [0.2, 0.25) is 0 Å². The van der Waals surface area contributed by atoms with Crippen molar-refractivity contribution in [2.45, 2.75) is 24.7 Å². The number of aliphatic hydroxyl groups excluding tert-OH is 1. The summed E-state index contributed by atoms with van der Waals surface area (Å²) in [6.45, 7) is 3.53. The summed E-state index contributed by atoms with van der Waals surface area (Å²) in [6.07, 6.45) is -0.668. The second-order valence-electron chi connectivity index (χ2n) is 7.20. The molecule has 0 saturated carbocycles. The van der Waals surface area contributed by atoms with E-state index in [0.29, 0.717) is 0 Å². The molecular weight excluding hydrogens is 386 g/mol. The lowest BCUT2D eigenvalue weighted by atomic mass is 9.98. The molecule has 0 spiro atoms. The number of hydrogen-bond donors (Lipinski definition) is 1. The van der Waals surface area contributed by atoms with E-state index in [1.807, 2.05) is 36.4 Å². The van der Waals surface area contributed by atoms with Crippen molar-refractivity contribution in [1.29, 1.82) is 0 Å². The number of benzene rings is 2. The van der Waals surface area contributed by atoms with Crippen molar-refractivity contribution in [3.05, 3.63) is 72.3 Å². The predicted octanol–water partition coefficient (Wildman–Crippen LogP) is 3.03. The Morgan fingerprint density at radius 2 is 1.73 bits per heavy atom. The number of amides is 1. The second-order valence-corrected chi connectivity index (χ2v) is 7.20. The second kappa shape index (κ2) is 8.69. The van der Waals surface area contributed by atoms with E-state index in [2.05, 4.69) is 18.7 Å². The molecule has 2 atom stereocenters. The fourth-order valence-corrected chi connectivity index (χ4v) is 3.98. The molecule has 0 aromatic heterocycles.